The van der Waals surface area contributed by atoms with E-state index in [0.717, 1.165) is 19.7 Å². The van der Waals surface area contributed by atoms with Crippen molar-refractivity contribution in [1.29, 1.82) is 0 Å². The average Bonchev–Trinajstić information content (AvgIpc) is 2.72. The maximum atomic E-state index is 5.51. The zero-order chi connectivity index (χ0) is 9.64. The summed E-state index contributed by atoms with van der Waals surface area (Å²) in [6.45, 7) is 2.77. The van der Waals surface area contributed by atoms with Gasteiger partial charge in [0, 0.05) is 32.1 Å². The zero-order valence-corrected chi connectivity index (χ0v) is 10.4. The predicted octanol–water partition coefficient (Wildman–Crippen LogP) is 1.93. The minimum absolute atomic E-state index is 0. The van der Waals surface area contributed by atoms with Crippen LogP contribution < -0.4 is 5.32 Å². The lowest BCUT2D eigenvalue weighted by molar-refractivity contribution is 0.110. The molecule has 0 bridgehead atoms. The van der Waals surface area contributed by atoms with E-state index in [2.05, 4.69) is 16.4 Å². The van der Waals surface area contributed by atoms with Gasteiger partial charge in [-0.2, -0.15) is 0 Å². The highest BCUT2D eigenvalue weighted by Crippen LogP contribution is 2.10. The van der Waals surface area contributed by atoms with Gasteiger partial charge < -0.3 is 10.1 Å². The molecule has 2 heterocycles. The normalized spacial score (nSPS) is 19.9. The molecule has 1 unspecified atom stereocenters. The van der Waals surface area contributed by atoms with E-state index in [1.54, 1.807) is 6.20 Å². The summed E-state index contributed by atoms with van der Waals surface area (Å²) in [6, 6.07) is 4.04. The number of nitrogens with one attached hydrogen (secondary N) is 1. The topological polar surface area (TPSA) is 34.2 Å². The van der Waals surface area contributed by atoms with Crippen LogP contribution in [0.3, 0.4) is 0 Å². The van der Waals surface area contributed by atoms with Gasteiger partial charge >= 0.3 is 0 Å². The number of ether oxygens (including phenoxy) is 1. The molecule has 0 radical (unpaired) electrons. The first-order valence-corrected chi connectivity index (χ1v) is 5.16. The molecule has 84 valence electrons. The molecule has 1 fully saturated rings. The van der Waals surface area contributed by atoms with Crippen molar-refractivity contribution in [1.82, 2.24) is 10.3 Å². The highest BCUT2D eigenvalue weighted by molar-refractivity contribution is 8.93. The molecule has 0 saturated carbocycles. The van der Waals surface area contributed by atoms with E-state index < -0.39 is 0 Å². The molecule has 3 nitrogen and oxygen atoms in total. The molecule has 1 aliphatic rings. The molecule has 0 amide bonds. The van der Waals surface area contributed by atoms with Gasteiger partial charge in [0.25, 0.3) is 0 Å². The molecule has 4 heteroatoms. The Morgan fingerprint density at radius 3 is 3.13 bits per heavy atom. The third-order valence-corrected chi connectivity index (χ3v) is 2.45. The smallest absolute Gasteiger partial charge is 0.0700 e. The van der Waals surface area contributed by atoms with E-state index in [-0.39, 0.29) is 17.0 Å². The second-order valence-corrected chi connectivity index (χ2v) is 3.63. The molecule has 1 N–H and O–H groups in total. The van der Waals surface area contributed by atoms with Gasteiger partial charge in [0.2, 0.25) is 0 Å². The van der Waals surface area contributed by atoms with Crippen LogP contribution in [-0.4, -0.2) is 24.2 Å². The second-order valence-electron chi connectivity index (χ2n) is 3.63. The van der Waals surface area contributed by atoms with Crippen LogP contribution >= 0.6 is 17.0 Å². The number of aromatic nitrogens is 1. The van der Waals surface area contributed by atoms with E-state index in [9.17, 15) is 0 Å². The van der Waals surface area contributed by atoms with Crippen molar-refractivity contribution in [3.63, 3.8) is 0 Å². The molecular formula is C11H17BrN2O. The summed E-state index contributed by atoms with van der Waals surface area (Å²) in [5, 5.41) is 3.38. The molecule has 2 rings (SSSR count). The van der Waals surface area contributed by atoms with Gasteiger partial charge in [-0.15, -0.1) is 17.0 Å². The van der Waals surface area contributed by atoms with E-state index in [0.29, 0.717) is 6.10 Å². The monoisotopic (exact) mass is 272 g/mol. The summed E-state index contributed by atoms with van der Waals surface area (Å²) >= 11 is 0. The van der Waals surface area contributed by atoms with Crippen LogP contribution in [0.4, 0.5) is 0 Å². The van der Waals surface area contributed by atoms with E-state index >= 15 is 0 Å². The van der Waals surface area contributed by atoms with Crippen molar-refractivity contribution in [3.05, 3.63) is 30.1 Å². The van der Waals surface area contributed by atoms with Crippen molar-refractivity contribution in [2.24, 2.45) is 0 Å². The van der Waals surface area contributed by atoms with Crippen LogP contribution in [0.5, 0.6) is 0 Å². The van der Waals surface area contributed by atoms with Crippen molar-refractivity contribution < 1.29 is 4.74 Å². The lowest BCUT2D eigenvalue weighted by Gasteiger charge is -2.10. The zero-order valence-electron chi connectivity index (χ0n) is 8.69. The highest BCUT2D eigenvalue weighted by atomic mass is 79.9. The Balaban J connectivity index is 0.00000112. The van der Waals surface area contributed by atoms with Gasteiger partial charge in [-0.1, -0.05) is 6.07 Å². The fourth-order valence-corrected chi connectivity index (χ4v) is 1.69. The third-order valence-electron chi connectivity index (χ3n) is 2.45. The summed E-state index contributed by atoms with van der Waals surface area (Å²) in [7, 11) is 0. The van der Waals surface area contributed by atoms with Crippen LogP contribution in [0, 0.1) is 0 Å². The first-order chi connectivity index (χ1) is 6.95. The van der Waals surface area contributed by atoms with Crippen LogP contribution in [-0.2, 0) is 11.3 Å². The van der Waals surface area contributed by atoms with E-state index in [1.165, 1.54) is 18.4 Å². The molecule has 0 spiro atoms. The van der Waals surface area contributed by atoms with E-state index in [4.69, 9.17) is 4.74 Å². The van der Waals surface area contributed by atoms with Crippen molar-refractivity contribution in [2.45, 2.75) is 25.5 Å². The minimum Gasteiger partial charge on any atom is -0.377 e. The highest BCUT2D eigenvalue weighted by Gasteiger charge is 2.14. The molecule has 1 aromatic heterocycles. The largest absolute Gasteiger partial charge is 0.377 e. The molecule has 1 saturated heterocycles. The second kappa shape index (κ2) is 6.93. The Morgan fingerprint density at radius 2 is 2.47 bits per heavy atom. The first kappa shape index (κ1) is 12.6. The average molecular weight is 273 g/mol. The molecule has 15 heavy (non-hydrogen) atoms. The lowest BCUT2D eigenvalue weighted by Crippen LogP contribution is -2.25. The molecule has 1 atom stereocenters. The summed E-state index contributed by atoms with van der Waals surface area (Å²) in [5.74, 6) is 0. The van der Waals surface area contributed by atoms with Crippen molar-refractivity contribution in [2.75, 3.05) is 13.2 Å². The number of hydrogen-bond donors (Lipinski definition) is 1. The summed E-state index contributed by atoms with van der Waals surface area (Å²) in [4.78, 5) is 4.06. The van der Waals surface area contributed by atoms with Gasteiger partial charge in [0.1, 0.15) is 0 Å². The minimum atomic E-state index is 0. The Bertz CT molecular complexity index is 263. The fourth-order valence-electron chi connectivity index (χ4n) is 1.69. The Labute approximate surface area is 101 Å². The maximum absolute atomic E-state index is 5.51. The van der Waals surface area contributed by atoms with Gasteiger partial charge in [0.05, 0.1) is 6.10 Å². The Hall–Kier alpha value is -0.450. The molecule has 0 aliphatic carbocycles. The van der Waals surface area contributed by atoms with Gasteiger partial charge in [-0.25, -0.2) is 0 Å². The number of hydrogen-bond acceptors (Lipinski definition) is 3. The third kappa shape index (κ3) is 4.28. The van der Waals surface area contributed by atoms with Gasteiger partial charge in [-0.3, -0.25) is 4.98 Å². The van der Waals surface area contributed by atoms with Crippen LogP contribution in [0.25, 0.3) is 0 Å². The van der Waals surface area contributed by atoms with Gasteiger partial charge in [0.15, 0.2) is 0 Å². The van der Waals surface area contributed by atoms with Gasteiger partial charge in [-0.05, 0) is 24.5 Å². The molecule has 1 aromatic rings. The molecule has 0 aromatic carbocycles. The van der Waals surface area contributed by atoms with Crippen molar-refractivity contribution >= 4 is 17.0 Å². The Kier molecular flexibility index (Phi) is 5.83. The Morgan fingerprint density at radius 1 is 1.53 bits per heavy atom. The van der Waals surface area contributed by atoms with Crippen LogP contribution in [0.1, 0.15) is 18.4 Å². The number of rotatable bonds is 4. The first-order valence-electron chi connectivity index (χ1n) is 5.16. The summed E-state index contributed by atoms with van der Waals surface area (Å²) < 4.78 is 5.51. The SMILES string of the molecule is Br.c1cncc(CNCC2CCCO2)c1. The predicted molar refractivity (Wildman–Crippen MR) is 65.2 cm³/mol. The fraction of sp³-hybridized carbons (Fsp3) is 0.545. The number of nitrogens with zero attached hydrogens (tertiary/aromatic N) is 1. The van der Waals surface area contributed by atoms with Crippen LogP contribution in [0.15, 0.2) is 24.5 Å². The van der Waals surface area contributed by atoms with Crippen molar-refractivity contribution in [3.8, 4) is 0 Å². The molecule has 1 aliphatic heterocycles. The standard InChI is InChI=1S/C11H16N2O.BrH/c1-3-10(7-12-5-1)8-13-9-11-4-2-6-14-11;/h1,3,5,7,11,13H,2,4,6,8-9H2;1H. The lowest BCUT2D eigenvalue weighted by atomic mass is 10.2. The maximum Gasteiger partial charge on any atom is 0.0700 e. The summed E-state index contributed by atoms with van der Waals surface area (Å²) in [6.07, 6.45) is 6.51. The summed E-state index contributed by atoms with van der Waals surface area (Å²) in [5.41, 5.74) is 1.23. The number of pyridine rings is 1. The van der Waals surface area contributed by atoms with E-state index in [1.807, 2.05) is 12.3 Å². The quantitative estimate of drug-likeness (QED) is 0.910. The van der Waals surface area contributed by atoms with Crippen LogP contribution in [0.2, 0.25) is 0 Å². The number of halogens is 1. The molecular weight excluding hydrogens is 256 g/mol.